The number of para-hydroxylation sites is 1. The molecule has 0 saturated carbocycles. The molecule has 2 aromatic carbocycles. The number of anilines is 1. The van der Waals surface area contributed by atoms with Gasteiger partial charge in [-0.2, -0.15) is 5.10 Å². The predicted octanol–water partition coefficient (Wildman–Crippen LogP) is 3.30. The first-order valence-corrected chi connectivity index (χ1v) is 7.17. The van der Waals surface area contributed by atoms with E-state index in [9.17, 15) is 4.79 Å². The van der Waals surface area contributed by atoms with E-state index in [0.717, 1.165) is 23.7 Å². The maximum Gasteiger partial charge on any atom is 0.256 e. The number of H-pyrrole nitrogens is 1. The Morgan fingerprint density at radius 3 is 2.90 bits per heavy atom. The van der Waals surface area contributed by atoms with E-state index in [1.165, 1.54) is 17.5 Å². The van der Waals surface area contributed by atoms with Crippen molar-refractivity contribution < 1.29 is 4.79 Å². The molecule has 1 aromatic heterocycles. The monoisotopic (exact) mass is 277 g/mol. The lowest BCUT2D eigenvalue weighted by Crippen LogP contribution is -2.12. The summed E-state index contributed by atoms with van der Waals surface area (Å²) < 4.78 is 0. The van der Waals surface area contributed by atoms with Crippen LogP contribution in [0.1, 0.15) is 27.9 Å². The largest absolute Gasteiger partial charge is 0.305 e. The van der Waals surface area contributed by atoms with Crippen LogP contribution in [0.4, 0.5) is 5.82 Å². The average molecular weight is 277 g/mol. The number of rotatable bonds is 2. The van der Waals surface area contributed by atoms with E-state index in [0.29, 0.717) is 11.4 Å². The summed E-state index contributed by atoms with van der Waals surface area (Å²) >= 11 is 0. The Morgan fingerprint density at radius 2 is 1.95 bits per heavy atom. The van der Waals surface area contributed by atoms with Crippen molar-refractivity contribution in [2.75, 3.05) is 5.32 Å². The van der Waals surface area contributed by atoms with Gasteiger partial charge < -0.3 is 5.32 Å². The molecule has 1 amide bonds. The second kappa shape index (κ2) is 4.74. The summed E-state index contributed by atoms with van der Waals surface area (Å²) in [5, 5.41) is 10.9. The summed E-state index contributed by atoms with van der Waals surface area (Å²) in [6, 6.07) is 13.7. The Balaban J connectivity index is 1.63. The van der Waals surface area contributed by atoms with Gasteiger partial charge in [-0.15, -0.1) is 0 Å². The van der Waals surface area contributed by atoms with E-state index in [1.807, 2.05) is 36.4 Å². The molecule has 3 aromatic rings. The zero-order chi connectivity index (χ0) is 14.2. The third-order valence-electron chi connectivity index (χ3n) is 4.06. The van der Waals surface area contributed by atoms with Crippen molar-refractivity contribution in [3.8, 4) is 0 Å². The van der Waals surface area contributed by atoms with Crippen molar-refractivity contribution in [2.24, 2.45) is 0 Å². The van der Waals surface area contributed by atoms with Gasteiger partial charge in [-0.3, -0.25) is 9.89 Å². The fourth-order valence-corrected chi connectivity index (χ4v) is 2.95. The molecule has 0 aliphatic heterocycles. The van der Waals surface area contributed by atoms with E-state index >= 15 is 0 Å². The number of hydrogen-bond donors (Lipinski definition) is 2. The average Bonchev–Trinajstić information content (AvgIpc) is 3.13. The first kappa shape index (κ1) is 12.1. The van der Waals surface area contributed by atoms with Gasteiger partial charge in [0.2, 0.25) is 0 Å². The molecule has 0 radical (unpaired) electrons. The molecule has 1 heterocycles. The van der Waals surface area contributed by atoms with Crippen LogP contribution < -0.4 is 5.32 Å². The molecule has 104 valence electrons. The number of hydrogen-bond acceptors (Lipinski definition) is 2. The number of fused-ring (bicyclic) bond motifs is 2. The van der Waals surface area contributed by atoms with E-state index in [2.05, 4.69) is 21.6 Å². The minimum atomic E-state index is -0.109. The highest BCUT2D eigenvalue weighted by Crippen LogP contribution is 2.24. The number of amides is 1. The molecule has 0 bridgehead atoms. The molecule has 2 N–H and O–H groups in total. The number of aromatic amines is 1. The molecule has 4 rings (SSSR count). The normalized spacial score (nSPS) is 13.3. The minimum Gasteiger partial charge on any atom is -0.305 e. The molecule has 0 unspecified atom stereocenters. The van der Waals surface area contributed by atoms with Gasteiger partial charge in [-0.05, 0) is 54.7 Å². The molecule has 0 spiro atoms. The number of carbonyl (C=O) groups excluding carboxylic acids is 1. The number of benzene rings is 2. The molecule has 4 heteroatoms. The third kappa shape index (κ3) is 2.09. The summed E-state index contributed by atoms with van der Waals surface area (Å²) in [5.41, 5.74) is 4.29. The third-order valence-corrected chi connectivity index (χ3v) is 4.06. The maximum absolute atomic E-state index is 12.4. The van der Waals surface area contributed by atoms with Gasteiger partial charge >= 0.3 is 0 Å². The van der Waals surface area contributed by atoms with Crippen molar-refractivity contribution >= 4 is 22.6 Å². The highest BCUT2D eigenvalue weighted by Gasteiger charge is 2.15. The number of nitrogens with one attached hydrogen (secondary N) is 2. The van der Waals surface area contributed by atoms with Crippen molar-refractivity contribution in [2.45, 2.75) is 19.3 Å². The predicted molar refractivity (Wildman–Crippen MR) is 82.5 cm³/mol. The Morgan fingerprint density at radius 1 is 1.10 bits per heavy atom. The fourth-order valence-electron chi connectivity index (χ4n) is 2.95. The Bertz CT molecular complexity index is 835. The second-order valence-corrected chi connectivity index (χ2v) is 5.41. The maximum atomic E-state index is 12.4. The van der Waals surface area contributed by atoms with E-state index in [1.54, 1.807) is 0 Å². The molecular formula is C17H15N3O. The lowest BCUT2D eigenvalue weighted by Gasteiger charge is -2.05. The number of carbonyl (C=O) groups is 1. The van der Waals surface area contributed by atoms with Crippen molar-refractivity contribution in [1.82, 2.24) is 10.2 Å². The molecule has 0 saturated heterocycles. The Hall–Kier alpha value is -2.62. The summed E-state index contributed by atoms with van der Waals surface area (Å²) in [4.78, 5) is 12.4. The number of aromatic nitrogens is 2. The van der Waals surface area contributed by atoms with Crippen molar-refractivity contribution in [3.63, 3.8) is 0 Å². The number of aryl methyl sites for hydroxylation is 2. The molecular weight excluding hydrogens is 262 g/mol. The summed E-state index contributed by atoms with van der Waals surface area (Å²) in [6.07, 6.45) is 3.38. The van der Waals surface area contributed by atoms with Gasteiger partial charge in [-0.1, -0.05) is 18.2 Å². The van der Waals surface area contributed by atoms with Gasteiger partial charge in [0.25, 0.3) is 5.91 Å². The van der Waals surface area contributed by atoms with Crippen molar-refractivity contribution in [3.05, 3.63) is 59.2 Å². The lowest BCUT2D eigenvalue weighted by molar-refractivity contribution is 0.102. The molecule has 21 heavy (non-hydrogen) atoms. The lowest BCUT2D eigenvalue weighted by atomic mass is 10.1. The zero-order valence-electron chi connectivity index (χ0n) is 11.5. The zero-order valence-corrected chi connectivity index (χ0v) is 11.5. The van der Waals surface area contributed by atoms with E-state index in [4.69, 9.17) is 0 Å². The molecule has 1 aliphatic rings. The topological polar surface area (TPSA) is 57.8 Å². The van der Waals surface area contributed by atoms with Crippen LogP contribution in [0.2, 0.25) is 0 Å². The quantitative estimate of drug-likeness (QED) is 0.755. The smallest absolute Gasteiger partial charge is 0.256 e. The SMILES string of the molecule is O=C(Nc1n[nH]c2ccccc12)c1ccc2c(c1)CCC2. The van der Waals surface area contributed by atoms with Crippen LogP contribution in [0.3, 0.4) is 0 Å². The van der Waals surface area contributed by atoms with Crippen LogP contribution in [-0.4, -0.2) is 16.1 Å². The van der Waals surface area contributed by atoms with Crippen LogP contribution in [0.15, 0.2) is 42.5 Å². The van der Waals surface area contributed by atoms with Gasteiger partial charge in [-0.25, -0.2) is 0 Å². The van der Waals surface area contributed by atoms with Crippen LogP contribution >= 0.6 is 0 Å². The van der Waals surface area contributed by atoms with Gasteiger partial charge in [0.1, 0.15) is 0 Å². The Kier molecular flexibility index (Phi) is 2.74. The summed E-state index contributed by atoms with van der Waals surface area (Å²) in [6.45, 7) is 0. The molecule has 4 nitrogen and oxygen atoms in total. The highest BCUT2D eigenvalue weighted by atomic mass is 16.1. The second-order valence-electron chi connectivity index (χ2n) is 5.41. The summed E-state index contributed by atoms with van der Waals surface area (Å²) in [7, 11) is 0. The number of nitrogens with zero attached hydrogens (tertiary/aromatic N) is 1. The molecule has 1 aliphatic carbocycles. The molecule has 0 atom stereocenters. The van der Waals surface area contributed by atoms with Crippen molar-refractivity contribution in [1.29, 1.82) is 0 Å². The van der Waals surface area contributed by atoms with E-state index < -0.39 is 0 Å². The first-order valence-electron chi connectivity index (χ1n) is 7.17. The van der Waals surface area contributed by atoms with Gasteiger partial charge in [0.15, 0.2) is 5.82 Å². The van der Waals surface area contributed by atoms with Crippen LogP contribution in [0.25, 0.3) is 10.9 Å². The standard InChI is InChI=1S/C17H15N3O/c21-17(13-9-8-11-4-3-5-12(11)10-13)18-16-14-6-1-2-7-15(14)19-20-16/h1-2,6-10H,3-5H2,(H2,18,19,20,21). The van der Waals surface area contributed by atoms with Crippen LogP contribution in [0, 0.1) is 0 Å². The van der Waals surface area contributed by atoms with E-state index in [-0.39, 0.29) is 5.91 Å². The first-order chi connectivity index (χ1) is 10.3. The minimum absolute atomic E-state index is 0.109. The van der Waals surface area contributed by atoms with Crippen LogP contribution in [0.5, 0.6) is 0 Å². The molecule has 0 fully saturated rings. The van der Waals surface area contributed by atoms with Gasteiger partial charge in [0.05, 0.1) is 5.52 Å². The Labute approximate surface area is 122 Å². The van der Waals surface area contributed by atoms with Crippen LogP contribution in [-0.2, 0) is 12.8 Å². The highest BCUT2D eigenvalue weighted by molar-refractivity contribution is 6.07. The van der Waals surface area contributed by atoms with Gasteiger partial charge in [0, 0.05) is 10.9 Å². The fraction of sp³-hybridized carbons (Fsp3) is 0.176. The summed E-state index contributed by atoms with van der Waals surface area (Å²) in [5.74, 6) is 0.470.